The highest BCUT2D eigenvalue weighted by Gasteiger charge is 2.30. The molecule has 21 heavy (non-hydrogen) atoms. The second-order valence-corrected chi connectivity index (χ2v) is 5.72. The van der Waals surface area contributed by atoms with E-state index in [1.807, 2.05) is 19.1 Å². The van der Waals surface area contributed by atoms with E-state index in [-0.39, 0.29) is 12.4 Å². The molecule has 0 spiro atoms. The molecule has 0 aliphatic rings. The molecule has 2 rings (SSSR count). The van der Waals surface area contributed by atoms with Crippen molar-refractivity contribution in [2.24, 2.45) is 0 Å². The Balaban J connectivity index is 1.95. The molecule has 0 aliphatic heterocycles. The molecule has 1 heterocycles. The van der Waals surface area contributed by atoms with Crippen molar-refractivity contribution in [2.75, 3.05) is 6.54 Å². The number of thiophene rings is 1. The molecule has 0 amide bonds. The van der Waals surface area contributed by atoms with E-state index in [2.05, 4.69) is 5.32 Å². The summed E-state index contributed by atoms with van der Waals surface area (Å²) < 4.78 is 43.2. The lowest BCUT2D eigenvalue weighted by Crippen LogP contribution is -2.10. The first-order valence-electron chi connectivity index (χ1n) is 6.57. The molecule has 114 valence electrons. The first kappa shape index (κ1) is 15.9. The Hall–Kier alpha value is -1.53. The lowest BCUT2D eigenvalue weighted by atomic mass is 10.2. The van der Waals surface area contributed by atoms with Gasteiger partial charge in [-0.2, -0.15) is 13.2 Å². The van der Waals surface area contributed by atoms with Gasteiger partial charge in [-0.05, 0) is 36.9 Å². The zero-order chi connectivity index (χ0) is 15.3. The van der Waals surface area contributed by atoms with E-state index in [9.17, 15) is 13.2 Å². The molecule has 6 heteroatoms. The van der Waals surface area contributed by atoms with Gasteiger partial charge in [0.25, 0.3) is 0 Å². The minimum absolute atomic E-state index is 0.228. The van der Waals surface area contributed by atoms with Gasteiger partial charge in [0.05, 0.1) is 5.56 Å². The van der Waals surface area contributed by atoms with E-state index in [0.717, 1.165) is 30.1 Å². The van der Waals surface area contributed by atoms with Crippen LogP contribution >= 0.6 is 11.3 Å². The molecule has 0 fully saturated rings. The number of rotatable bonds is 6. The maximum absolute atomic E-state index is 12.6. The number of benzene rings is 1. The van der Waals surface area contributed by atoms with Gasteiger partial charge in [-0.15, -0.1) is 11.3 Å². The second-order valence-electron chi connectivity index (χ2n) is 4.46. The molecule has 0 bridgehead atoms. The number of hydrogen-bond acceptors (Lipinski definition) is 3. The van der Waals surface area contributed by atoms with Crippen molar-refractivity contribution in [3.63, 3.8) is 0 Å². The van der Waals surface area contributed by atoms with Crippen LogP contribution in [0.4, 0.5) is 13.2 Å². The fourth-order valence-corrected chi connectivity index (χ4v) is 2.66. The second kappa shape index (κ2) is 6.95. The molecule has 2 aromatic rings. The average Bonchev–Trinajstić information content (AvgIpc) is 2.90. The van der Waals surface area contributed by atoms with E-state index < -0.39 is 11.7 Å². The summed E-state index contributed by atoms with van der Waals surface area (Å²) in [4.78, 5) is 2.17. The van der Waals surface area contributed by atoms with E-state index in [0.29, 0.717) is 0 Å². The zero-order valence-electron chi connectivity index (χ0n) is 11.5. The summed E-state index contributed by atoms with van der Waals surface area (Å²) in [6.07, 6.45) is -4.35. The van der Waals surface area contributed by atoms with Crippen molar-refractivity contribution in [2.45, 2.75) is 26.3 Å². The maximum atomic E-state index is 12.6. The normalized spacial score (nSPS) is 11.6. The lowest BCUT2D eigenvalue weighted by Gasteiger charge is -2.09. The van der Waals surface area contributed by atoms with Crippen LogP contribution in [0.2, 0.25) is 0 Å². The Kier molecular flexibility index (Phi) is 5.25. The van der Waals surface area contributed by atoms with Crippen LogP contribution in [-0.4, -0.2) is 6.54 Å². The van der Waals surface area contributed by atoms with Gasteiger partial charge in [-0.25, -0.2) is 0 Å². The first-order valence-corrected chi connectivity index (χ1v) is 7.39. The topological polar surface area (TPSA) is 21.3 Å². The van der Waals surface area contributed by atoms with Crippen molar-refractivity contribution < 1.29 is 17.9 Å². The predicted molar refractivity (Wildman–Crippen MR) is 77.5 cm³/mol. The third kappa shape index (κ3) is 4.75. The van der Waals surface area contributed by atoms with Crippen LogP contribution in [0.3, 0.4) is 0 Å². The van der Waals surface area contributed by atoms with Crippen molar-refractivity contribution >= 4 is 11.3 Å². The van der Waals surface area contributed by atoms with Gasteiger partial charge in [0, 0.05) is 16.3 Å². The summed E-state index contributed by atoms with van der Waals surface area (Å²) in [5, 5.41) is 3.22. The Morgan fingerprint density at radius 1 is 1.14 bits per heavy atom. The summed E-state index contributed by atoms with van der Waals surface area (Å²) in [7, 11) is 0. The van der Waals surface area contributed by atoms with Crippen LogP contribution < -0.4 is 10.1 Å². The Morgan fingerprint density at radius 3 is 2.62 bits per heavy atom. The Bertz CT molecular complexity index is 580. The van der Waals surface area contributed by atoms with Gasteiger partial charge in [-0.1, -0.05) is 13.0 Å². The molecule has 1 aromatic carbocycles. The monoisotopic (exact) mass is 315 g/mol. The van der Waals surface area contributed by atoms with E-state index >= 15 is 0 Å². The molecule has 0 aliphatic carbocycles. The van der Waals surface area contributed by atoms with Crippen molar-refractivity contribution in [3.05, 3.63) is 51.7 Å². The van der Waals surface area contributed by atoms with Crippen molar-refractivity contribution in [3.8, 4) is 5.75 Å². The van der Waals surface area contributed by atoms with Gasteiger partial charge < -0.3 is 10.1 Å². The number of ether oxygens (including phenoxy) is 1. The van der Waals surface area contributed by atoms with E-state index in [1.165, 1.54) is 17.0 Å². The van der Waals surface area contributed by atoms with Gasteiger partial charge in [-0.3, -0.25) is 0 Å². The highest BCUT2D eigenvalue weighted by atomic mass is 32.1. The number of nitrogens with one attached hydrogen (secondary N) is 1. The fraction of sp³-hybridized carbons (Fsp3) is 0.333. The zero-order valence-corrected chi connectivity index (χ0v) is 12.4. The third-order valence-corrected chi connectivity index (χ3v) is 3.87. The SMILES string of the molecule is CCNCc1ccc(COc2cccc(C(F)(F)F)c2)s1. The smallest absolute Gasteiger partial charge is 0.416 e. The standard InChI is InChI=1S/C15H16F3NOS/c1-2-19-9-13-6-7-14(21-13)10-20-12-5-3-4-11(8-12)15(16,17)18/h3-8,19H,2,9-10H2,1H3. The Labute approximate surface area is 125 Å². The van der Waals surface area contributed by atoms with Crippen molar-refractivity contribution in [1.82, 2.24) is 5.32 Å². The molecule has 0 saturated heterocycles. The van der Waals surface area contributed by atoms with Crippen molar-refractivity contribution in [1.29, 1.82) is 0 Å². The summed E-state index contributed by atoms with van der Waals surface area (Å²) in [5.41, 5.74) is -0.695. The van der Waals surface area contributed by atoms with Gasteiger partial charge in [0.15, 0.2) is 0 Å². The summed E-state index contributed by atoms with van der Waals surface area (Å²) in [6, 6.07) is 8.87. The first-order chi connectivity index (χ1) is 9.99. The quantitative estimate of drug-likeness (QED) is 0.850. The molecule has 0 atom stereocenters. The molecular weight excluding hydrogens is 299 g/mol. The van der Waals surface area contributed by atoms with E-state index in [1.54, 1.807) is 11.3 Å². The van der Waals surface area contributed by atoms with E-state index in [4.69, 9.17) is 4.74 Å². The molecule has 1 aromatic heterocycles. The average molecular weight is 315 g/mol. The Morgan fingerprint density at radius 2 is 1.90 bits per heavy atom. The lowest BCUT2D eigenvalue weighted by molar-refractivity contribution is -0.137. The number of halogens is 3. The summed E-state index contributed by atoms with van der Waals surface area (Å²) in [5.74, 6) is 0.228. The third-order valence-electron chi connectivity index (χ3n) is 2.81. The number of alkyl halides is 3. The number of hydrogen-bond donors (Lipinski definition) is 1. The molecule has 1 N–H and O–H groups in total. The minimum Gasteiger partial charge on any atom is -0.488 e. The van der Waals surface area contributed by atoms with Crippen LogP contribution in [0.1, 0.15) is 22.2 Å². The van der Waals surface area contributed by atoms with Crippen LogP contribution in [0.5, 0.6) is 5.75 Å². The summed E-state index contributed by atoms with van der Waals surface area (Å²) >= 11 is 1.59. The van der Waals surface area contributed by atoms with Gasteiger partial charge in [0.2, 0.25) is 0 Å². The van der Waals surface area contributed by atoms with Crippen LogP contribution in [0.15, 0.2) is 36.4 Å². The van der Waals surface area contributed by atoms with Crippen LogP contribution in [0, 0.1) is 0 Å². The molecule has 2 nitrogen and oxygen atoms in total. The molecule has 0 saturated carbocycles. The van der Waals surface area contributed by atoms with Gasteiger partial charge >= 0.3 is 6.18 Å². The highest BCUT2D eigenvalue weighted by Crippen LogP contribution is 2.31. The maximum Gasteiger partial charge on any atom is 0.416 e. The fourth-order valence-electron chi connectivity index (χ4n) is 1.76. The van der Waals surface area contributed by atoms with Crippen LogP contribution in [-0.2, 0) is 19.3 Å². The van der Waals surface area contributed by atoms with Gasteiger partial charge in [0.1, 0.15) is 12.4 Å². The predicted octanol–water partition coefficient (Wildman–Crippen LogP) is 4.46. The minimum atomic E-state index is -4.35. The molecular formula is C15H16F3NOS. The summed E-state index contributed by atoms with van der Waals surface area (Å²) in [6.45, 7) is 4.00. The molecule has 0 unspecified atom stereocenters. The van der Waals surface area contributed by atoms with Crippen LogP contribution in [0.25, 0.3) is 0 Å². The highest BCUT2D eigenvalue weighted by molar-refractivity contribution is 7.11. The largest absolute Gasteiger partial charge is 0.488 e. The molecule has 0 radical (unpaired) electrons.